The van der Waals surface area contributed by atoms with Crippen LogP contribution in [-0.2, 0) is 6.42 Å². The monoisotopic (exact) mass is 342 g/mol. The fourth-order valence-electron chi connectivity index (χ4n) is 2.95. The first-order valence-electron chi connectivity index (χ1n) is 8.18. The highest BCUT2D eigenvalue weighted by molar-refractivity contribution is 7.10. The summed E-state index contributed by atoms with van der Waals surface area (Å²) in [7, 11) is 0. The molecule has 1 aliphatic carbocycles. The number of carbonyl (C=O) groups excluding carboxylic acids is 1. The van der Waals surface area contributed by atoms with Crippen molar-refractivity contribution in [3.8, 4) is 0 Å². The summed E-state index contributed by atoms with van der Waals surface area (Å²) in [4.78, 5) is 13.5. The number of urea groups is 1. The molecule has 1 aliphatic rings. The molecule has 3 atom stereocenters. The second-order valence-corrected chi connectivity index (χ2v) is 7.02. The van der Waals surface area contributed by atoms with Crippen LogP contribution in [0.3, 0.4) is 0 Å². The molecule has 2 aromatic rings. The summed E-state index contributed by atoms with van der Waals surface area (Å²) in [6.45, 7) is 0.127. The van der Waals surface area contributed by atoms with Gasteiger partial charge in [-0.2, -0.15) is 0 Å². The van der Waals surface area contributed by atoms with Gasteiger partial charge in [0.25, 0.3) is 0 Å². The van der Waals surface area contributed by atoms with Crippen LogP contribution in [0, 0.1) is 5.92 Å². The number of aliphatic hydroxyl groups is 1. The van der Waals surface area contributed by atoms with Crippen LogP contribution < -0.4 is 10.6 Å². The third-order valence-corrected chi connectivity index (χ3v) is 5.18. The van der Waals surface area contributed by atoms with Crippen molar-refractivity contribution in [3.05, 3.63) is 70.4 Å². The molecule has 0 spiro atoms. The summed E-state index contributed by atoms with van der Waals surface area (Å²) >= 11 is 1.65. The molecule has 126 valence electrons. The van der Waals surface area contributed by atoms with Crippen molar-refractivity contribution in [2.75, 3.05) is 6.61 Å². The molecule has 0 bridgehead atoms. The van der Waals surface area contributed by atoms with Crippen LogP contribution in [0.1, 0.15) is 22.9 Å². The van der Waals surface area contributed by atoms with E-state index in [-0.39, 0.29) is 30.6 Å². The molecule has 2 amide bonds. The number of hydrogen-bond acceptors (Lipinski definition) is 3. The van der Waals surface area contributed by atoms with Gasteiger partial charge in [-0.05, 0) is 29.9 Å². The summed E-state index contributed by atoms with van der Waals surface area (Å²) in [6.07, 6.45) is 5.43. The normalized spacial score (nSPS) is 20.7. The maximum atomic E-state index is 12.4. The van der Waals surface area contributed by atoms with Gasteiger partial charge >= 0.3 is 6.03 Å². The minimum absolute atomic E-state index is 0.0112. The highest BCUT2D eigenvalue weighted by atomic mass is 32.1. The Hall–Kier alpha value is -2.11. The third kappa shape index (κ3) is 4.46. The third-order valence-electron chi connectivity index (χ3n) is 4.20. The van der Waals surface area contributed by atoms with Gasteiger partial charge in [0.05, 0.1) is 6.04 Å². The Morgan fingerprint density at radius 2 is 2.04 bits per heavy atom. The number of nitrogens with one attached hydrogen (secondary N) is 2. The first kappa shape index (κ1) is 16.7. The fourth-order valence-corrected chi connectivity index (χ4v) is 3.73. The van der Waals surface area contributed by atoms with Crippen LogP contribution in [0.5, 0.6) is 0 Å². The molecule has 24 heavy (non-hydrogen) atoms. The molecule has 1 aromatic carbocycles. The van der Waals surface area contributed by atoms with E-state index in [4.69, 9.17) is 0 Å². The second-order valence-electron chi connectivity index (χ2n) is 6.05. The predicted molar refractivity (Wildman–Crippen MR) is 97.0 cm³/mol. The summed E-state index contributed by atoms with van der Waals surface area (Å²) in [6, 6.07) is 14.0. The minimum Gasteiger partial charge on any atom is -0.396 e. The van der Waals surface area contributed by atoms with Crippen LogP contribution in [0.4, 0.5) is 4.79 Å². The van der Waals surface area contributed by atoms with Crippen LogP contribution in [0.25, 0.3) is 0 Å². The van der Waals surface area contributed by atoms with Gasteiger partial charge in [0.2, 0.25) is 0 Å². The van der Waals surface area contributed by atoms with Crippen molar-refractivity contribution < 1.29 is 9.90 Å². The molecule has 1 aromatic heterocycles. The van der Waals surface area contributed by atoms with Gasteiger partial charge in [-0.3, -0.25) is 0 Å². The Balaban J connectivity index is 1.62. The van der Waals surface area contributed by atoms with E-state index in [1.807, 2.05) is 41.8 Å². The van der Waals surface area contributed by atoms with Gasteiger partial charge in [0, 0.05) is 23.4 Å². The lowest BCUT2D eigenvalue weighted by atomic mass is 10.0. The van der Waals surface area contributed by atoms with Crippen LogP contribution in [-0.4, -0.2) is 23.8 Å². The molecule has 0 saturated carbocycles. The standard InChI is InChI=1S/C19H22N2O2S/c22-13-15-8-9-16(11-15)20-19(23)21-17(18-7-4-10-24-18)12-14-5-2-1-3-6-14/h1-10,15-17,22H,11-13H2,(H2,20,21,23)/t15-,16+,17?/m0/s1. The molecule has 3 rings (SSSR count). The van der Waals surface area contributed by atoms with Gasteiger partial charge in [-0.15, -0.1) is 11.3 Å². The van der Waals surface area contributed by atoms with E-state index < -0.39 is 0 Å². The molecule has 0 aliphatic heterocycles. The van der Waals surface area contributed by atoms with E-state index in [0.29, 0.717) is 0 Å². The molecular weight excluding hydrogens is 320 g/mol. The van der Waals surface area contributed by atoms with E-state index in [2.05, 4.69) is 28.8 Å². The first-order chi connectivity index (χ1) is 11.7. The van der Waals surface area contributed by atoms with E-state index in [9.17, 15) is 9.90 Å². The molecule has 1 heterocycles. The highest BCUT2D eigenvalue weighted by Crippen LogP contribution is 2.23. The lowest BCUT2D eigenvalue weighted by molar-refractivity contribution is 0.228. The molecule has 4 nitrogen and oxygen atoms in total. The van der Waals surface area contributed by atoms with Crippen molar-refractivity contribution in [1.82, 2.24) is 10.6 Å². The minimum atomic E-state index is -0.169. The zero-order chi connectivity index (χ0) is 16.8. The molecule has 0 saturated heterocycles. The number of hydrogen-bond donors (Lipinski definition) is 3. The quantitative estimate of drug-likeness (QED) is 0.706. The van der Waals surface area contributed by atoms with Crippen molar-refractivity contribution in [2.24, 2.45) is 5.92 Å². The first-order valence-corrected chi connectivity index (χ1v) is 9.06. The van der Waals surface area contributed by atoms with E-state index >= 15 is 0 Å². The zero-order valence-corrected chi connectivity index (χ0v) is 14.2. The summed E-state index contributed by atoms with van der Waals surface area (Å²) in [5, 5.41) is 17.3. The number of rotatable bonds is 6. The molecular formula is C19H22N2O2S. The average Bonchev–Trinajstić information content (AvgIpc) is 3.27. The largest absolute Gasteiger partial charge is 0.396 e. The average molecular weight is 342 g/mol. The van der Waals surface area contributed by atoms with Crippen LogP contribution in [0.15, 0.2) is 60.0 Å². The Labute approximate surface area is 146 Å². The molecule has 0 fully saturated rings. The molecule has 1 unspecified atom stereocenters. The van der Waals surface area contributed by atoms with E-state index in [0.717, 1.165) is 17.7 Å². The molecule has 0 radical (unpaired) electrons. The predicted octanol–water partition coefficient (Wildman–Crippen LogP) is 3.27. The Kier molecular flexibility index (Phi) is 5.67. The zero-order valence-electron chi connectivity index (χ0n) is 13.4. The van der Waals surface area contributed by atoms with E-state index in [1.165, 1.54) is 5.56 Å². The van der Waals surface area contributed by atoms with Gasteiger partial charge in [-0.25, -0.2) is 4.79 Å². The lowest BCUT2D eigenvalue weighted by Gasteiger charge is -2.20. The van der Waals surface area contributed by atoms with Crippen LogP contribution in [0.2, 0.25) is 0 Å². The van der Waals surface area contributed by atoms with Gasteiger partial charge in [0.1, 0.15) is 0 Å². The van der Waals surface area contributed by atoms with Crippen molar-refractivity contribution in [1.29, 1.82) is 0 Å². The smallest absolute Gasteiger partial charge is 0.315 e. The van der Waals surface area contributed by atoms with Gasteiger partial charge in [0.15, 0.2) is 0 Å². The molecule has 5 heteroatoms. The summed E-state index contributed by atoms with van der Waals surface area (Å²) in [5.41, 5.74) is 1.19. The Bertz CT molecular complexity index is 670. The van der Waals surface area contributed by atoms with Gasteiger partial charge in [-0.1, -0.05) is 48.6 Å². The van der Waals surface area contributed by atoms with Crippen molar-refractivity contribution in [2.45, 2.75) is 24.9 Å². The number of aliphatic hydroxyl groups excluding tert-OH is 1. The second kappa shape index (κ2) is 8.13. The topological polar surface area (TPSA) is 61.4 Å². The maximum absolute atomic E-state index is 12.4. The highest BCUT2D eigenvalue weighted by Gasteiger charge is 2.22. The lowest BCUT2D eigenvalue weighted by Crippen LogP contribution is -2.42. The van der Waals surface area contributed by atoms with E-state index in [1.54, 1.807) is 11.3 Å². The van der Waals surface area contributed by atoms with Crippen molar-refractivity contribution in [3.63, 3.8) is 0 Å². The number of amides is 2. The molecule has 3 N–H and O–H groups in total. The SMILES string of the molecule is O=C(NC(Cc1ccccc1)c1cccs1)N[C@@H]1C=C[C@H](CO)C1. The Morgan fingerprint density at radius 3 is 2.71 bits per heavy atom. The Morgan fingerprint density at radius 1 is 1.21 bits per heavy atom. The summed E-state index contributed by atoms with van der Waals surface area (Å²) in [5.74, 6) is 0.146. The number of benzene rings is 1. The van der Waals surface area contributed by atoms with Crippen LogP contribution >= 0.6 is 11.3 Å². The maximum Gasteiger partial charge on any atom is 0.315 e. The number of carbonyl (C=O) groups is 1. The number of thiophene rings is 1. The fraction of sp³-hybridized carbons (Fsp3) is 0.316. The summed E-state index contributed by atoms with van der Waals surface area (Å²) < 4.78 is 0. The van der Waals surface area contributed by atoms with Crippen molar-refractivity contribution >= 4 is 17.4 Å². The van der Waals surface area contributed by atoms with Gasteiger partial charge < -0.3 is 15.7 Å².